The van der Waals surface area contributed by atoms with Crippen molar-refractivity contribution in [2.75, 3.05) is 24.5 Å². The average Bonchev–Trinajstić information content (AvgIpc) is 3.39. The molecule has 2 N–H and O–H groups in total. The van der Waals surface area contributed by atoms with Crippen LogP contribution in [0.1, 0.15) is 53.1 Å². The minimum atomic E-state index is -1.04. The average molecular weight is 492 g/mol. The fraction of sp³-hybridized carbons (Fsp3) is 0.478. The third-order valence-electron chi connectivity index (χ3n) is 7.18. The molecule has 2 saturated heterocycles. The number of imidazole rings is 1. The van der Waals surface area contributed by atoms with Crippen LogP contribution in [0, 0.1) is 11.2 Å². The van der Waals surface area contributed by atoms with E-state index in [-0.39, 0.29) is 41.4 Å². The third kappa shape index (κ3) is 3.93. The first kappa shape index (κ1) is 22.8. The maximum atomic E-state index is 13.4. The van der Waals surface area contributed by atoms with Crippen LogP contribution in [0.2, 0.25) is 5.02 Å². The minimum absolute atomic E-state index is 0.00560. The Morgan fingerprint density at radius 2 is 1.94 bits per heavy atom. The number of hydrogen-bond acceptors (Lipinski definition) is 4. The van der Waals surface area contributed by atoms with Gasteiger partial charge in [0, 0.05) is 12.6 Å². The van der Waals surface area contributed by atoms with E-state index in [0.29, 0.717) is 44.3 Å². The molecule has 8 nitrogen and oxygen atoms in total. The molecule has 0 radical (unpaired) electrons. The Balaban J connectivity index is 1.20. The summed E-state index contributed by atoms with van der Waals surface area (Å²) >= 11 is 6.17. The van der Waals surface area contributed by atoms with E-state index in [4.69, 9.17) is 11.6 Å². The summed E-state index contributed by atoms with van der Waals surface area (Å²) in [6.07, 6.45) is 3.33. The Labute approximate surface area is 199 Å². The summed E-state index contributed by atoms with van der Waals surface area (Å²) in [6, 6.07) is 3.86. The number of H-pyrrole nitrogens is 1. The van der Waals surface area contributed by atoms with Crippen molar-refractivity contribution in [3.8, 4) is 0 Å². The van der Waals surface area contributed by atoms with E-state index in [1.165, 1.54) is 29.4 Å². The van der Waals surface area contributed by atoms with Gasteiger partial charge in [-0.05, 0) is 50.3 Å². The first-order chi connectivity index (χ1) is 16.3. The van der Waals surface area contributed by atoms with Crippen molar-refractivity contribution >= 4 is 35.0 Å². The molecular formula is C23H24ClF2N5O3. The van der Waals surface area contributed by atoms with E-state index in [2.05, 4.69) is 15.3 Å². The summed E-state index contributed by atoms with van der Waals surface area (Å²) in [5.41, 5.74) is 0.0308. The molecule has 1 aromatic heterocycles. The number of carbonyl (C=O) groups excluding carboxylic acids is 3. The maximum absolute atomic E-state index is 13.4. The fourth-order valence-corrected chi connectivity index (χ4v) is 5.43. The van der Waals surface area contributed by atoms with E-state index < -0.39 is 29.2 Å². The Morgan fingerprint density at radius 1 is 1.21 bits per heavy atom. The number of nitrogens with zero attached hydrogens (tertiary/aromatic N) is 3. The van der Waals surface area contributed by atoms with Crippen LogP contribution in [0.3, 0.4) is 0 Å². The maximum Gasteiger partial charge on any atom is 0.275 e. The van der Waals surface area contributed by atoms with Gasteiger partial charge in [0.25, 0.3) is 11.8 Å². The highest BCUT2D eigenvalue weighted by atomic mass is 35.5. The number of hydrogen-bond donors (Lipinski definition) is 2. The summed E-state index contributed by atoms with van der Waals surface area (Å²) in [5, 5.41) is 3.14. The van der Waals surface area contributed by atoms with E-state index in [9.17, 15) is 23.2 Å². The molecule has 11 heteroatoms. The van der Waals surface area contributed by atoms with E-state index in [1.54, 1.807) is 4.90 Å². The molecule has 3 amide bonds. The molecule has 3 aliphatic rings. The van der Waals surface area contributed by atoms with Crippen LogP contribution in [-0.4, -0.2) is 64.4 Å². The highest BCUT2D eigenvalue weighted by Gasteiger charge is 2.49. The number of nitrogens with one attached hydrogen (secondary N) is 2. The Kier molecular flexibility index (Phi) is 5.79. The van der Waals surface area contributed by atoms with E-state index in [0.717, 1.165) is 0 Å². The third-order valence-corrected chi connectivity index (χ3v) is 7.49. The molecule has 2 aliphatic heterocycles. The number of amides is 3. The van der Waals surface area contributed by atoms with Gasteiger partial charge in [-0.3, -0.25) is 14.4 Å². The molecule has 1 aromatic carbocycles. The van der Waals surface area contributed by atoms with Gasteiger partial charge in [-0.25, -0.2) is 13.8 Å². The number of benzene rings is 1. The lowest BCUT2D eigenvalue weighted by atomic mass is 9.71. The lowest BCUT2D eigenvalue weighted by Gasteiger charge is -2.36. The highest BCUT2D eigenvalue weighted by molar-refractivity contribution is 6.34. The number of aromatic nitrogens is 2. The van der Waals surface area contributed by atoms with Gasteiger partial charge < -0.3 is 20.1 Å². The highest BCUT2D eigenvalue weighted by Crippen LogP contribution is 2.47. The van der Waals surface area contributed by atoms with Crippen molar-refractivity contribution in [3.63, 3.8) is 0 Å². The normalized spacial score (nSPS) is 25.0. The van der Waals surface area contributed by atoms with Gasteiger partial charge in [-0.1, -0.05) is 11.6 Å². The SMILES string of the molecule is O=C(N[C@H]1CC[C@@]2(CCN(c3ccc(F)cc3Cl)C2=O)CC1)c1[nH]cnc1C(=O)N1CC(F)C1. The van der Waals surface area contributed by atoms with Crippen molar-refractivity contribution in [1.82, 2.24) is 20.2 Å². The largest absolute Gasteiger partial charge is 0.348 e. The number of alkyl halides is 1. The topological polar surface area (TPSA) is 98.4 Å². The summed E-state index contributed by atoms with van der Waals surface area (Å²) in [5.74, 6) is -1.39. The predicted molar refractivity (Wildman–Crippen MR) is 120 cm³/mol. The summed E-state index contributed by atoms with van der Waals surface area (Å²) in [7, 11) is 0. The Bertz CT molecular complexity index is 1140. The molecular weight excluding hydrogens is 468 g/mol. The number of halogens is 3. The molecule has 0 atom stereocenters. The first-order valence-electron chi connectivity index (χ1n) is 11.3. The van der Waals surface area contributed by atoms with Gasteiger partial charge >= 0.3 is 0 Å². The van der Waals surface area contributed by atoms with Crippen LogP contribution >= 0.6 is 11.6 Å². The van der Waals surface area contributed by atoms with Gasteiger partial charge in [0.2, 0.25) is 5.91 Å². The molecule has 0 bridgehead atoms. The van der Waals surface area contributed by atoms with Crippen molar-refractivity contribution in [1.29, 1.82) is 0 Å². The van der Waals surface area contributed by atoms with Crippen LogP contribution in [0.4, 0.5) is 14.5 Å². The second kappa shape index (κ2) is 8.65. The lowest BCUT2D eigenvalue weighted by Crippen LogP contribution is -2.52. The molecule has 1 spiro atoms. The number of carbonyl (C=O) groups is 3. The van der Waals surface area contributed by atoms with Crippen LogP contribution in [0.15, 0.2) is 24.5 Å². The number of anilines is 1. The molecule has 2 aromatic rings. The zero-order chi connectivity index (χ0) is 24.0. The summed E-state index contributed by atoms with van der Waals surface area (Å²) in [4.78, 5) is 48.2. The van der Waals surface area contributed by atoms with E-state index in [1.807, 2.05) is 0 Å². The quantitative estimate of drug-likeness (QED) is 0.686. The van der Waals surface area contributed by atoms with Gasteiger partial charge in [0.1, 0.15) is 17.7 Å². The number of aromatic amines is 1. The Hall–Kier alpha value is -3.01. The smallest absolute Gasteiger partial charge is 0.275 e. The van der Waals surface area contributed by atoms with Crippen molar-refractivity contribution < 1.29 is 23.2 Å². The van der Waals surface area contributed by atoms with Gasteiger partial charge in [0.15, 0.2) is 5.69 Å². The predicted octanol–water partition coefficient (Wildman–Crippen LogP) is 3.09. The van der Waals surface area contributed by atoms with Crippen LogP contribution in [0.25, 0.3) is 0 Å². The zero-order valence-electron chi connectivity index (χ0n) is 18.3. The van der Waals surface area contributed by atoms with E-state index >= 15 is 0 Å². The summed E-state index contributed by atoms with van der Waals surface area (Å²) in [6.45, 7) is 0.522. The van der Waals surface area contributed by atoms with Crippen molar-refractivity contribution in [3.05, 3.63) is 46.8 Å². The van der Waals surface area contributed by atoms with Gasteiger partial charge in [-0.15, -0.1) is 0 Å². The second-order valence-electron chi connectivity index (χ2n) is 9.26. The summed E-state index contributed by atoms with van der Waals surface area (Å²) < 4.78 is 26.5. The molecule has 5 rings (SSSR count). The molecule has 0 unspecified atom stereocenters. The number of likely N-dealkylation sites (tertiary alicyclic amines) is 1. The van der Waals surface area contributed by atoms with Crippen LogP contribution in [-0.2, 0) is 4.79 Å². The van der Waals surface area contributed by atoms with Crippen molar-refractivity contribution in [2.24, 2.45) is 5.41 Å². The monoisotopic (exact) mass is 491 g/mol. The molecule has 180 valence electrons. The molecule has 1 saturated carbocycles. The molecule has 3 fully saturated rings. The van der Waals surface area contributed by atoms with Crippen molar-refractivity contribution in [2.45, 2.75) is 44.3 Å². The fourth-order valence-electron chi connectivity index (χ4n) is 5.16. The van der Waals surface area contributed by atoms with Gasteiger partial charge in [0.05, 0.1) is 35.5 Å². The number of rotatable bonds is 4. The molecule has 3 heterocycles. The van der Waals surface area contributed by atoms with Crippen LogP contribution < -0.4 is 10.2 Å². The standard InChI is InChI=1S/C23H24ClF2N5O3/c24-16-9-13(25)1-2-17(16)31-8-7-23(22(31)34)5-3-15(4-6-23)29-20(32)18-19(28-12-27-18)21(33)30-10-14(26)11-30/h1-2,9,12,14-15H,3-8,10-11H2,(H,27,28)(H,29,32)/t15-,23-. The lowest BCUT2D eigenvalue weighted by molar-refractivity contribution is -0.127. The first-order valence-corrected chi connectivity index (χ1v) is 11.7. The zero-order valence-corrected chi connectivity index (χ0v) is 19.1. The molecule has 1 aliphatic carbocycles. The Morgan fingerprint density at radius 3 is 2.62 bits per heavy atom. The van der Waals surface area contributed by atoms with Gasteiger partial charge in [-0.2, -0.15) is 0 Å². The van der Waals surface area contributed by atoms with Crippen LogP contribution in [0.5, 0.6) is 0 Å². The minimum Gasteiger partial charge on any atom is -0.348 e. The molecule has 34 heavy (non-hydrogen) atoms. The second-order valence-corrected chi connectivity index (χ2v) is 9.67.